The highest BCUT2D eigenvalue weighted by Gasteiger charge is 2.17. The van der Waals surface area contributed by atoms with Crippen LogP contribution < -0.4 is 0 Å². The molecule has 1 aliphatic rings. The minimum atomic E-state index is 0.229. The monoisotopic (exact) mass is 265 g/mol. The van der Waals surface area contributed by atoms with Gasteiger partial charge in [0.2, 0.25) is 0 Å². The van der Waals surface area contributed by atoms with Gasteiger partial charge in [-0.1, -0.05) is 26.2 Å². The van der Waals surface area contributed by atoms with E-state index < -0.39 is 0 Å². The second-order valence-corrected chi connectivity index (χ2v) is 5.58. The summed E-state index contributed by atoms with van der Waals surface area (Å²) < 4.78 is 2.15. The Hall–Kier alpha value is -0.870. The minimum absolute atomic E-state index is 0.229. The van der Waals surface area contributed by atoms with Crippen molar-refractivity contribution in [3.05, 3.63) is 18.0 Å². The fourth-order valence-electron chi connectivity index (χ4n) is 2.86. The first-order valence-electron chi connectivity index (χ1n) is 7.70. The zero-order chi connectivity index (χ0) is 13.5. The van der Waals surface area contributed by atoms with Crippen LogP contribution in [0.15, 0.2) is 12.3 Å². The topological polar surface area (TPSA) is 41.3 Å². The summed E-state index contributed by atoms with van der Waals surface area (Å²) in [4.78, 5) is 2.30. The molecule has 1 aliphatic carbocycles. The lowest BCUT2D eigenvalue weighted by molar-refractivity contribution is 0.186. The molecule has 2 rings (SSSR count). The molecule has 0 spiro atoms. The maximum Gasteiger partial charge on any atom is 0.0764 e. The fourth-order valence-corrected chi connectivity index (χ4v) is 2.86. The summed E-state index contributed by atoms with van der Waals surface area (Å²) in [6.45, 7) is 5.09. The zero-order valence-electron chi connectivity index (χ0n) is 12.1. The first kappa shape index (κ1) is 14.5. The zero-order valence-corrected chi connectivity index (χ0v) is 12.1. The van der Waals surface area contributed by atoms with E-state index in [0.29, 0.717) is 6.04 Å². The highest BCUT2D eigenvalue weighted by atomic mass is 16.3. The van der Waals surface area contributed by atoms with E-state index in [9.17, 15) is 0 Å². The van der Waals surface area contributed by atoms with Gasteiger partial charge in [-0.05, 0) is 31.9 Å². The van der Waals surface area contributed by atoms with E-state index >= 15 is 0 Å². The van der Waals surface area contributed by atoms with Crippen molar-refractivity contribution in [1.82, 2.24) is 14.7 Å². The molecular formula is C15H27N3O. The summed E-state index contributed by atoms with van der Waals surface area (Å²) in [6.07, 6.45) is 9.73. The number of aromatic nitrogens is 2. The van der Waals surface area contributed by atoms with E-state index in [-0.39, 0.29) is 6.61 Å². The molecule has 1 saturated carbocycles. The number of hydrogen-bond acceptors (Lipinski definition) is 3. The van der Waals surface area contributed by atoms with E-state index in [1.54, 1.807) is 0 Å². The van der Waals surface area contributed by atoms with Crippen LogP contribution in [0.1, 0.15) is 57.2 Å². The van der Waals surface area contributed by atoms with Crippen LogP contribution in [0.4, 0.5) is 0 Å². The molecule has 0 atom stereocenters. The van der Waals surface area contributed by atoms with E-state index in [2.05, 4.69) is 28.8 Å². The highest BCUT2D eigenvalue weighted by Crippen LogP contribution is 2.28. The third-order valence-corrected chi connectivity index (χ3v) is 3.99. The van der Waals surface area contributed by atoms with Gasteiger partial charge >= 0.3 is 0 Å². The predicted octanol–water partition coefficient (Wildman–Crippen LogP) is 2.59. The Balaban J connectivity index is 1.89. The number of nitrogens with zero attached hydrogens (tertiary/aromatic N) is 3. The average Bonchev–Trinajstić information content (AvgIpc) is 3.06. The van der Waals surface area contributed by atoms with Crippen molar-refractivity contribution in [2.75, 3.05) is 19.7 Å². The standard InChI is InChI=1S/C15H27N3O/c1-2-3-9-17(11-12-19)13-14-8-10-18(16-14)15-6-4-5-7-15/h8,10,15,19H,2-7,9,11-13H2,1H3. The van der Waals surface area contributed by atoms with Crippen LogP contribution in [0.2, 0.25) is 0 Å². The SMILES string of the molecule is CCCCN(CCO)Cc1ccn(C2CCCC2)n1. The molecule has 19 heavy (non-hydrogen) atoms. The number of aliphatic hydroxyl groups excluding tert-OH is 1. The van der Waals surface area contributed by atoms with Gasteiger partial charge in [-0.15, -0.1) is 0 Å². The summed E-state index contributed by atoms with van der Waals surface area (Å²) in [6, 6.07) is 2.75. The molecule has 4 heteroatoms. The molecule has 108 valence electrons. The maximum atomic E-state index is 9.12. The van der Waals surface area contributed by atoms with Crippen LogP contribution >= 0.6 is 0 Å². The van der Waals surface area contributed by atoms with E-state index in [4.69, 9.17) is 10.2 Å². The Bertz CT molecular complexity index is 358. The van der Waals surface area contributed by atoms with Crippen LogP contribution in [0.5, 0.6) is 0 Å². The van der Waals surface area contributed by atoms with Gasteiger partial charge in [-0.3, -0.25) is 9.58 Å². The summed E-state index contributed by atoms with van der Waals surface area (Å²) in [7, 11) is 0. The molecule has 1 aromatic rings. The first-order valence-corrected chi connectivity index (χ1v) is 7.70. The van der Waals surface area contributed by atoms with Gasteiger partial charge in [0, 0.05) is 19.3 Å². The Morgan fingerprint density at radius 2 is 2.16 bits per heavy atom. The normalized spacial score (nSPS) is 16.6. The van der Waals surface area contributed by atoms with Crippen molar-refractivity contribution >= 4 is 0 Å². The van der Waals surface area contributed by atoms with Crippen molar-refractivity contribution in [3.8, 4) is 0 Å². The van der Waals surface area contributed by atoms with Gasteiger partial charge in [0.25, 0.3) is 0 Å². The number of rotatable bonds is 8. The van der Waals surface area contributed by atoms with Crippen LogP contribution in [0.3, 0.4) is 0 Å². The average molecular weight is 265 g/mol. The van der Waals surface area contributed by atoms with Crippen LogP contribution in [-0.2, 0) is 6.54 Å². The fraction of sp³-hybridized carbons (Fsp3) is 0.800. The van der Waals surface area contributed by atoms with Crippen molar-refractivity contribution in [2.24, 2.45) is 0 Å². The van der Waals surface area contributed by atoms with Crippen LogP contribution in [0, 0.1) is 0 Å². The maximum absolute atomic E-state index is 9.12. The smallest absolute Gasteiger partial charge is 0.0764 e. The number of hydrogen-bond donors (Lipinski definition) is 1. The number of aliphatic hydroxyl groups is 1. The summed E-state index contributed by atoms with van der Waals surface area (Å²) in [5, 5.41) is 13.8. The quantitative estimate of drug-likeness (QED) is 0.785. The van der Waals surface area contributed by atoms with Crippen LogP contribution in [0.25, 0.3) is 0 Å². The molecule has 0 aliphatic heterocycles. The Morgan fingerprint density at radius 1 is 1.37 bits per heavy atom. The lowest BCUT2D eigenvalue weighted by Crippen LogP contribution is -2.27. The Kier molecular flexibility index (Phi) is 5.86. The van der Waals surface area contributed by atoms with E-state index in [1.807, 2.05) is 0 Å². The van der Waals surface area contributed by atoms with Gasteiger partial charge in [-0.25, -0.2) is 0 Å². The lowest BCUT2D eigenvalue weighted by atomic mass is 10.3. The molecule has 0 saturated heterocycles. The Labute approximate surface area is 116 Å². The Morgan fingerprint density at radius 3 is 2.84 bits per heavy atom. The van der Waals surface area contributed by atoms with E-state index in [1.165, 1.54) is 38.5 Å². The predicted molar refractivity (Wildman–Crippen MR) is 77.0 cm³/mol. The van der Waals surface area contributed by atoms with E-state index in [0.717, 1.165) is 25.3 Å². The molecule has 4 nitrogen and oxygen atoms in total. The molecule has 1 N–H and O–H groups in total. The summed E-state index contributed by atoms with van der Waals surface area (Å²) in [5.41, 5.74) is 1.14. The summed E-state index contributed by atoms with van der Waals surface area (Å²) >= 11 is 0. The largest absolute Gasteiger partial charge is 0.395 e. The summed E-state index contributed by atoms with van der Waals surface area (Å²) in [5.74, 6) is 0. The van der Waals surface area contributed by atoms with Gasteiger partial charge in [0.15, 0.2) is 0 Å². The van der Waals surface area contributed by atoms with Crippen molar-refractivity contribution in [3.63, 3.8) is 0 Å². The second-order valence-electron chi connectivity index (χ2n) is 5.58. The third-order valence-electron chi connectivity index (χ3n) is 3.99. The highest BCUT2D eigenvalue weighted by molar-refractivity contribution is 5.00. The molecule has 1 heterocycles. The first-order chi connectivity index (χ1) is 9.33. The molecule has 0 radical (unpaired) electrons. The molecule has 0 unspecified atom stereocenters. The molecule has 0 bridgehead atoms. The van der Waals surface area contributed by atoms with Gasteiger partial charge in [-0.2, -0.15) is 5.10 Å². The van der Waals surface area contributed by atoms with Crippen molar-refractivity contribution < 1.29 is 5.11 Å². The molecule has 0 aromatic carbocycles. The lowest BCUT2D eigenvalue weighted by Gasteiger charge is -2.19. The number of unbranched alkanes of at least 4 members (excludes halogenated alkanes) is 1. The van der Waals surface area contributed by atoms with Crippen LogP contribution in [-0.4, -0.2) is 39.5 Å². The van der Waals surface area contributed by atoms with Gasteiger partial charge < -0.3 is 5.11 Å². The molecule has 1 aromatic heterocycles. The molecular weight excluding hydrogens is 238 g/mol. The molecule has 0 amide bonds. The van der Waals surface area contributed by atoms with Crippen molar-refractivity contribution in [2.45, 2.75) is 58.0 Å². The van der Waals surface area contributed by atoms with Gasteiger partial charge in [0.1, 0.15) is 0 Å². The third kappa shape index (κ3) is 4.32. The van der Waals surface area contributed by atoms with Gasteiger partial charge in [0.05, 0.1) is 18.3 Å². The molecule has 1 fully saturated rings. The second kappa shape index (κ2) is 7.65. The van der Waals surface area contributed by atoms with Crippen molar-refractivity contribution in [1.29, 1.82) is 0 Å². The minimum Gasteiger partial charge on any atom is -0.395 e.